The summed E-state index contributed by atoms with van der Waals surface area (Å²) in [7, 11) is 1.61. The fourth-order valence-electron chi connectivity index (χ4n) is 5.09. The Morgan fingerprint density at radius 3 is 2.92 bits per heavy atom. The quantitative estimate of drug-likeness (QED) is 0.833. The van der Waals surface area contributed by atoms with Crippen LogP contribution >= 0.6 is 0 Å². The molecule has 5 nitrogen and oxygen atoms in total. The Morgan fingerprint density at radius 1 is 1.40 bits per heavy atom. The molecule has 3 aliphatic rings. The summed E-state index contributed by atoms with van der Waals surface area (Å²) in [5.74, 6) is 1.35. The molecule has 2 N–H and O–H groups in total. The van der Waals surface area contributed by atoms with Crippen LogP contribution in [0.5, 0.6) is 5.75 Å². The smallest absolute Gasteiger partial charge is 0.226 e. The second-order valence-corrected chi connectivity index (χ2v) is 7.83. The zero-order valence-electron chi connectivity index (χ0n) is 15.1. The Bertz CT molecular complexity index is 644. The maximum Gasteiger partial charge on any atom is 0.226 e. The minimum absolute atomic E-state index is 0.0192. The average Bonchev–Trinajstić information content (AvgIpc) is 2.97. The lowest BCUT2D eigenvalue weighted by atomic mass is 9.46. The van der Waals surface area contributed by atoms with Crippen LogP contribution < -0.4 is 15.4 Å². The summed E-state index contributed by atoms with van der Waals surface area (Å²) in [5, 5.41) is 6.72. The van der Waals surface area contributed by atoms with Crippen LogP contribution in [0, 0.1) is 11.3 Å². The van der Waals surface area contributed by atoms with Gasteiger partial charge in [-0.1, -0.05) is 18.6 Å². The van der Waals surface area contributed by atoms with Gasteiger partial charge in [0.05, 0.1) is 18.9 Å². The number of carbonyl (C=O) groups excluding carboxylic acids is 1. The number of hydrogen-bond acceptors (Lipinski definition) is 4. The molecular weight excluding hydrogens is 316 g/mol. The van der Waals surface area contributed by atoms with E-state index in [-0.39, 0.29) is 11.9 Å². The van der Waals surface area contributed by atoms with Gasteiger partial charge in [-0.05, 0) is 38.3 Å². The van der Waals surface area contributed by atoms with Gasteiger partial charge < -0.3 is 20.1 Å². The Hall–Kier alpha value is -1.59. The summed E-state index contributed by atoms with van der Waals surface area (Å²) in [6.07, 6.45) is 5.94. The summed E-state index contributed by atoms with van der Waals surface area (Å²) < 4.78 is 11.3. The highest BCUT2D eigenvalue weighted by Gasteiger charge is 2.66. The molecule has 136 valence electrons. The molecule has 3 fully saturated rings. The van der Waals surface area contributed by atoms with Gasteiger partial charge in [-0.3, -0.25) is 4.79 Å². The van der Waals surface area contributed by atoms with E-state index >= 15 is 0 Å². The lowest BCUT2D eigenvalue weighted by Crippen LogP contribution is -2.72. The Kier molecular flexibility index (Phi) is 4.46. The van der Waals surface area contributed by atoms with E-state index in [1.165, 1.54) is 19.3 Å². The van der Waals surface area contributed by atoms with E-state index < -0.39 is 0 Å². The molecule has 0 bridgehead atoms. The fourth-order valence-corrected chi connectivity index (χ4v) is 5.09. The van der Waals surface area contributed by atoms with Crippen LogP contribution in [0.1, 0.15) is 39.0 Å². The van der Waals surface area contributed by atoms with E-state index in [1.807, 2.05) is 24.3 Å². The second-order valence-electron chi connectivity index (χ2n) is 7.83. The molecule has 1 aliphatic heterocycles. The number of amides is 1. The van der Waals surface area contributed by atoms with Crippen molar-refractivity contribution in [2.24, 2.45) is 11.3 Å². The summed E-state index contributed by atoms with van der Waals surface area (Å²) >= 11 is 0. The van der Waals surface area contributed by atoms with Gasteiger partial charge in [0.2, 0.25) is 5.91 Å². The molecule has 1 amide bonds. The van der Waals surface area contributed by atoms with E-state index in [0.717, 1.165) is 18.7 Å². The van der Waals surface area contributed by atoms with Gasteiger partial charge in [0.15, 0.2) is 0 Å². The highest BCUT2D eigenvalue weighted by molar-refractivity contribution is 5.92. The predicted octanol–water partition coefficient (Wildman–Crippen LogP) is 2.96. The van der Waals surface area contributed by atoms with E-state index in [2.05, 4.69) is 17.6 Å². The highest BCUT2D eigenvalue weighted by Crippen LogP contribution is 2.62. The Balaban J connectivity index is 1.33. The van der Waals surface area contributed by atoms with Crippen molar-refractivity contribution < 1.29 is 14.3 Å². The molecule has 4 rings (SSSR count). The van der Waals surface area contributed by atoms with Crippen LogP contribution in [0.15, 0.2) is 24.3 Å². The molecule has 4 unspecified atom stereocenters. The number of nitrogens with one attached hydrogen (secondary N) is 2. The molecule has 4 atom stereocenters. The van der Waals surface area contributed by atoms with Crippen molar-refractivity contribution in [2.75, 3.05) is 19.0 Å². The van der Waals surface area contributed by atoms with Crippen molar-refractivity contribution in [3.63, 3.8) is 0 Å². The molecule has 1 aromatic rings. The first-order valence-electron chi connectivity index (χ1n) is 9.44. The predicted molar refractivity (Wildman–Crippen MR) is 96.8 cm³/mol. The van der Waals surface area contributed by atoms with Crippen molar-refractivity contribution in [3.8, 4) is 5.75 Å². The molecule has 1 saturated heterocycles. The molecule has 5 heteroatoms. The lowest BCUT2D eigenvalue weighted by molar-refractivity contribution is -0.178. The average molecular weight is 344 g/mol. The first-order valence-corrected chi connectivity index (χ1v) is 9.44. The molecule has 1 aromatic carbocycles. The first-order chi connectivity index (χ1) is 12.1. The zero-order valence-corrected chi connectivity index (χ0v) is 15.1. The number of rotatable bonds is 6. The third kappa shape index (κ3) is 2.83. The summed E-state index contributed by atoms with van der Waals surface area (Å²) in [4.78, 5) is 12.4. The van der Waals surface area contributed by atoms with Gasteiger partial charge in [-0.15, -0.1) is 0 Å². The molecule has 2 saturated carbocycles. The summed E-state index contributed by atoms with van der Waals surface area (Å²) in [6.45, 7) is 3.01. The topological polar surface area (TPSA) is 59.6 Å². The fraction of sp³-hybridized carbons (Fsp3) is 0.650. The van der Waals surface area contributed by atoms with Crippen molar-refractivity contribution in [1.29, 1.82) is 0 Å². The lowest BCUT2D eigenvalue weighted by Gasteiger charge is -2.64. The van der Waals surface area contributed by atoms with Gasteiger partial charge in [0.1, 0.15) is 5.75 Å². The van der Waals surface area contributed by atoms with Crippen molar-refractivity contribution in [3.05, 3.63) is 24.3 Å². The first kappa shape index (κ1) is 16.9. The van der Waals surface area contributed by atoms with E-state index in [1.54, 1.807) is 7.11 Å². The van der Waals surface area contributed by atoms with Crippen LogP contribution in [0.3, 0.4) is 0 Å². The molecule has 1 spiro atoms. The molecule has 0 radical (unpaired) electrons. The van der Waals surface area contributed by atoms with Crippen LogP contribution in [0.25, 0.3) is 0 Å². The van der Waals surface area contributed by atoms with Gasteiger partial charge >= 0.3 is 0 Å². The van der Waals surface area contributed by atoms with Gasteiger partial charge in [-0.2, -0.15) is 0 Å². The number of fused-ring (bicyclic) bond motifs is 2. The molecular formula is C20H28N2O3. The van der Waals surface area contributed by atoms with Crippen LogP contribution in [0.4, 0.5) is 5.69 Å². The third-order valence-corrected chi connectivity index (χ3v) is 6.37. The molecule has 25 heavy (non-hydrogen) atoms. The minimum Gasteiger partial charge on any atom is -0.495 e. The van der Waals surface area contributed by atoms with Crippen LogP contribution in [-0.2, 0) is 9.53 Å². The third-order valence-electron chi connectivity index (χ3n) is 6.37. The van der Waals surface area contributed by atoms with E-state index in [4.69, 9.17) is 9.47 Å². The summed E-state index contributed by atoms with van der Waals surface area (Å²) in [5.41, 5.74) is 1.08. The van der Waals surface area contributed by atoms with Gasteiger partial charge in [0, 0.05) is 36.4 Å². The number of carbonyl (C=O) groups is 1. The molecule has 0 aromatic heterocycles. The standard InChI is InChI=1S/C20H28N2O3/c1-13(12-17(23)22-15-6-3-4-7-16(15)24-2)21-18-14-8-11-25-19(14)20(18)9-5-10-20/h3-4,6-7,13-14,18-19,21H,5,8-12H2,1-2H3,(H,22,23). The van der Waals surface area contributed by atoms with Gasteiger partial charge in [0.25, 0.3) is 0 Å². The number of ether oxygens (including phenoxy) is 2. The van der Waals surface area contributed by atoms with Crippen LogP contribution in [-0.4, -0.2) is 37.8 Å². The van der Waals surface area contributed by atoms with E-state index in [9.17, 15) is 4.79 Å². The van der Waals surface area contributed by atoms with E-state index in [0.29, 0.717) is 35.6 Å². The largest absolute Gasteiger partial charge is 0.495 e. The number of methoxy groups -OCH3 is 1. The number of benzene rings is 1. The normalized spacial score (nSPS) is 30.1. The monoisotopic (exact) mass is 344 g/mol. The SMILES string of the molecule is COc1ccccc1NC(=O)CC(C)NC1C2CCOC2C12CCC2. The van der Waals surface area contributed by atoms with Crippen LogP contribution in [0.2, 0.25) is 0 Å². The van der Waals surface area contributed by atoms with Gasteiger partial charge in [-0.25, -0.2) is 0 Å². The van der Waals surface area contributed by atoms with Crippen molar-refractivity contribution in [1.82, 2.24) is 5.32 Å². The maximum absolute atomic E-state index is 12.4. The second kappa shape index (κ2) is 6.61. The number of anilines is 1. The molecule has 2 aliphatic carbocycles. The zero-order chi connectivity index (χ0) is 17.4. The maximum atomic E-state index is 12.4. The number of para-hydroxylation sites is 2. The Labute approximate surface area is 149 Å². The van der Waals surface area contributed by atoms with Crippen molar-refractivity contribution in [2.45, 2.75) is 57.2 Å². The number of hydrogen-bond donors (Lipinski definition) is 2. The van der Waals surface area contributed by atoms with Crippen molar-refractivity contribution >= 4 is 11.6 Å². The summed E-state index contributed by atoms with van der Waals surface area (Å²) in [6, 6.07) is 8.18. The Morgan fingerprint density at radius 2 is 2.20 bits per heavy atom. The highest BCUT2D eigenvalue weighted by atomic mass is 16.5. The molecule has 1 heterocycles. The minimum atomic E-state index is 0.0192.